The molecule has 7 nitrogen and oxygen atoms in total. The van der Waals surface area contributed by atoms with Gasteiger partial charge in [-0.2, -0.15) is 0 Å². The van der Waals surface area contributed by atoms with Crippen molar-refractivity contribution in [2.45, 2.75) is 68.9 Å². The van der Waals surface area contributed by atoms with Gasteiger partial charge in [0.1, 0.15) is 5.75 Å². The number of hydrogen-bond donors (Lipinski definition) is 1. The first-order valence-electron chi connectivity index (χ1n) is 11.9. The molecule has 1 aromatic carbocycles. The summed E-state index contributed by atoms with van der Waals surface area (Å²) in [6.07, 6.45) is 7.43. The largest absolute Gasteiger partial charge is 0.497 e. The van der Waals surface area contributed by atoms with Crippen molar-refractivity contribution in [3.63, 3.8) is 0 Å². The fourth-order valence-electron chi connectivity index (χ4n) is 4.60. The Kier molecular flexibility index (Phi) is 7.88. The Morgan fingerprint density at radius 1 is 1.12 bits per heavy atom. The van der Waals surface area contributed by atoms with Crippen LogP contribution >= 0.6 is 11.8 Å². The van der Waals surface area contributed by atoms with Crippen LogP contribution < -0.4 is 10.1 Å². The van der Waals surface area contributed by atoms with E-state index in [1.54, 1.807) is 31.3 Å². The first kappa shape index (κ1) is 24.3. The van der Waals surface area contributed by atoms with Gasteiger partial charge in [0, 0.05) is 24.7 Å². The molecule has 1 amide bonds. The van der Waals surface area contributed by atoms with E-state index in [1.807, 2.05) is 36.4 Å². The lowest BCUT2D eigenvalue weighted by atomic mass is 9.78. The van der Waals surface area contributed by atoms with Gasteiger partial charge >= 0.3 is 0 Å². The number of nitrogens with one attached hydrogen (secondary N) is 1. The topological polar surface area (TPSA) is 81.9 Å². The molecule has 0 aliphatic heterocycles. The zero-order valence-electron chi connectivity index (χ0n) is 20.2. The summed E-state index contributed by atoms with van der Waals surface area (Å²) < 4.78 is 7.45. The molecule has 4 rings (SSSR count). The number of benzene rings is 1. The molecule has 8 heteroatoms. The highest BCUT2D eigenvalue weighted by Crippen LogP contribution is 2.42. The number of pyridine rings is 1. The second kappa shape index (κ2) is 11.0. The summed E-state index contributed by atoms with van der Waals surface area (Å²) in [5, 5.41) is 13.0. The number of carbonyl (C=O) groups excluding carboxylic acids is 1. The molecule has 0 bridgehead atoms. The van der Waals surface area contributed by atoms with E-state index >= 15 is 0 Å². The minimum atomic E-state index is -0.492. The third-order valence-electron chi connectivity index (χ3n) is 6.40. The highest BCUT2D eigenvalue weighted by Gasteiger charge is 2.42. The van der Waals surface area contributed by atoms with Crippen molar-refractivity contribution >= 4 is 17.7 Å². The third-order valence-corrected chi connectivity index (χ3v) is 7.44. The molecule has 1 aliphatic rings. The van der Waals surface area contributed by atoms with Gasteiger partial charge in [-0.05, 0) is 54.2 Å². The van der Waals surface area contributed by atoms with Crippen LogP contribution in [0.15, 0.2) is 53.9 Å². The fraction of sp³-hybridized carbons (Fsp3) is 0.462. The lowest BCUT2D eigenvalue weighted by molar-refractivity contribution is -0.126. The van der Waals surface area contributed by atoms with Crippen LogP contribution in [0.2, 0.25) is 0 Å². The molecule has 1 saturated carbocycles. The van der Waals surface area contributed by atoms with Gasteiger partial charge in [-0.3, -0.25) is 9.78 Å². The molecule has 3 aromatic rings. The van der Waals surface area contributed by atoms with E-state index in [-0.39, 0.29) is 5.91 Å². The normalized spacial score (nSPS) is 14.9. The maximum atomic E-state index is 13.5. The number of ether oxygens (including phenoxy) is 1. The van der Waals surface area contributed by atoms with Crippen LogP contribution in [0.1, 0.15) is 56.5 Å². The minimum absolute atomic E-state index is 0.0697. The van der Waals surface area contributed by atoms with Crippen LogP contribution in [0.4, 0.5) is 0 Å². The molecule has 1 fully saturated rings. The monoisotopic (exact) mass is 479 g/mol. The number of nitrogens with zero attached hydrogens (tertiary/aromatic N) is 4. The Labute approximate surface area is 205 Å². The number of thioether (sulfide) groups is 1. The summed E-state index contributed by atoms with van der Waals surface area (Å²) in [5.41, 5.74) is 1.76. The molecule has 0 radical (unpaired) electrons. The van der Waals surface area contributed by atoms with Crippen LogP contribution in [0, 0.1) is 5.92 Å². The van der Waals surface area contributed by atoms with Crippen LogP contribution in [-0.4, -0.2) is 32.8 Å². The Morgan fingerprint density at radius 2 is 1.82 bits per heavy atom. The smallest absolute Gasteiger partial charge is 0.231 e. The van der Waals surface area contributed by atoms with Crippen molar-refractivity contribution < 1.29 is 9.53 Å². The van der Waals surface area contributed by atoms with Gasteiger partial charge in [0.25, 0.3) is 0 Å². The van der Waals surface area contributed by atoms with E-state index in [2.05, 4.69) is 38.9 Å². The molecule has 0 unspecified atom stereocenters. The van der Waals surface area contributed by atoms with E-state index in [0.29, 0.717) is 12.5 Å². The molecule has 1 aliphatic carbocycles. The van der Waals surface area contributed by atoms with Crippen LogP contribution in [0.5, 0.6) is 5.75 Å². The summed E-state index contributed by atoms with van der Waals surface area (Å²) >= 11 is 1.66. The van der Waals surface area contributed by atoms with Gasteiger partial charge in [-0.1, -0.05) is 50.6 Å². The van der Waals surface area contributed by atoms with Crippen molar-refractivity contribution in [1.29, 1.82) is 0 Å². The van der Waals surface area contributed by atoms with Gasteiger partial charge in [-0.15, -0.1) is 10.2 Å². The molecule has 2 heterocycles. The minimum Gasteiger partial charge on any atom is -0.497 e. The van der Waals surface area contributed by atoms with E-state index in [9.17, 15) is 4.79 Å². The summed E-state index contributed by atoms with van der Waals surface area (Å²) in [5.74, 6) is 2.90. The molecule has 34 heavy (non-hydrogen) atoms. The molecule has 0 saturated heterocycles. The van der Waals surface area contributed by atoms with Gasteiger partial charge in [0.2, 0.25) is 5.91 Å². The first-order valence-corrected chi connectivity index (χ1v) is 12.9. The number of aromatic nitrogens is 4. The SMILES string of the molecule is COc1ccc(C2(C(=O)NCc3nnc(SCc4ccncc4)n3CC(C)C)CCCC2)cc1. The Morgan fingerprint density at radius 3 is 2.47 bits per heavy atom. The van der Waals surface area contributed by atoms with Crippen molar-refractivity contribution in [1.82, 2.24) is 25.1 Å². The zero-order chi connectivity index (χ0) is 24.0. The van der Waals surface area contributed by atoms with Crippen molar-refractivity contribution in [2.75, 3.05) is 7.11 Å². The second-order valence-corrected chi connectivity index (χ2v) is 10.2. The second-order valence-electron chi connectivity index (χ2n) is 9.25. The highest BCUT2D eigenvalue weighted by molar-refractivity contribution is 7.98. The van der Waals surface area contributed by atoms with Gasteiger partial charge in [-0.25, -0.2) is 0 Å². The summed E-state index contributed by atoms with van der Waals surface area (Å²) in [6, 6.07) is 12.0. The quantitative estimate of drug-likeness (QED) is 0.422. The third kappa shape index (κ3) is 5.43. The number of methoxy groups -OCH3 is 1. The fourth-order valence-corrected chi connectivity index (χ4v) is 5.52. The van der Waals surface area contributed by atoms with E-state index in [4.69, 9.17) is 4.74 Å². The van der Waals surface area contributed by atoms with Gasteiger partial charge < -0.3 is 14.6 Å². The van der Waals surface area contributed by atoms with E-state index in [0.717, 1.165) is 60.3 Å². The average Bonchev–Trinajstić information content (AvgIpc) is 3.50. The number of rotatable bonds is 10. The molecule has 2 aromatic heterocycles. The Bertz CT molecular complexity index is 1080. The van der Waals surface area contributed by atoms with Crippen LogP contribution in [-0.2, 0) is 29.1 Å². The number of amides is 1. The summed E-state index contributed by atoms with van der Waals surface area (Å²) in [7, 11) is 1.66. The maximum Gasteiger partial charge on any atom is 0.231 e. The zero-order valence-corrected chi connectivity index (χ0v) is 21.0. The van der Waals surface area contributed by atoms with E-state index < -0.39 is 5.41 Å². The van der Waals surface area contributed by atoms with Crippen molar-refractivity contribution in [2.24, 2.45) is 5.92 Å². The summed E-state index contributed by atoms with van der Waals surface area (Å²) in [4.78, 5) is 17.6. The van der Waals surface area contributed by atoms with Crippen molar-refractivity contribution in [3.8, 4) is 5.75 Å². The molecule has 1 N–H and O–H groups in total. The Hall–Kier alpha value is -2.87. The molecular formula is C26H33N5O2S. The standard InChI is InChI=1S/C26H33N5O2S/c1-19(2)17-31-23(29-30-25(31)34-18-20-10-14-27-15-11-20)16-28-24(32)26(12-4-5-13-26)21-6-8-22(33-3)9-7-21/h6-11,14-15,19H,4-5,12-13,16-18H2,1-3H3,(H,28,32). The lowest BCUT2D eigenvalue weighted by Gasteiger charge is -2.28. The first-order chi connectivity index (χ1) is 16.5. The highest BCUT2D eigenvalue weighted by atomic mass is 32.2. The van der Waals surface area contributed by atoms with Crippen LogP contribution in [0.3, 0.4) is 0 Å². The van der Waals surface area contributed by atoms with Crippen molar-refractivity contribution in [3.05, 3.63) is 65.7 Å². The van der Waals surface area contributed by atoms with E-state index in [1.165, 1.54) is 5.56 Å². The lowest BCUT2D eigenvalue weighted by Crippen LogP contribution is -2.42. The average molecular weight is 480 g/mol. The molecule has 0 spiro atoms. The summed E-state index contributed by atoms with van der Waals surface area (Å²) in [6.45, 7) is 5.53. The molecular weight excluding hydrogens is 446 g/mol. The number of hydrogen-bond acceptors (Lipinski definition) is 6. The maximum absolute atomic E-state index is 13.5. The Balaban J connectivity index is 1.48. The van der Waals surface area contributed by atoms with Gasteiger partial charge in [0.15, 0.2) is 11.0 Å². The molecule has 0 atom stereocenters. The van der Waals surface area contributed by atoms with Gasteiger partial charge in [0.05, 0.1) is 19.1 Å². The number of carbonyl (C=O) groups is 1. The molecule has 180 valence electrons. The predicted octanol–water partition coefficient (Wildman–Crippen LogP) is 4.76. The predicted molar refractivity (Wildman–Crippen MR) is 134 cm³/mol. The van der Waals surface area contributed by atoms with Crippen LogP contribution in [0.25, 0.3) is 0 Å².